The molecule has 7 heteroatoms. The van der Waals surface area contributed by atoms with Crippen molar-refractivity contribution in [1.82, 2.24) is 0 Å². The average molecular weight is 435 g/mol. The van der Waals surface area contributed by atoms with E-state index in [1.54, 1.807) is 0 Å². The molecule has 6 unspecified atom stereocenters. The summed E-state index contributed by atoms with van der Waals surface area (Å²) < 4.78 is 0. The second kappa shape index (κ2) is 8.09. The number of Topliss-reactive ketones (excluding diaryl/α,β-unsaturated/α-hetero) is 3. The van der Waals surface area contributed by atoms with Crippen molar-refractivity contribution in [2.45, 2.75) is 83.0 Å². The molecule has 0 aromatic carbocycles. The van der Waals surface area contributed by atoms with E-state index in [9.17, 15) is 34.8 Å². The van der Waals surface area contributed by atoms with E-state index >= 15 is 0 Å². The van der Waals surface area contributed by atoms with Gasteiger partial charge in [-0.05, 0) is 50.4 Å². The third kappa shape index (κ3) is 3.31. The Labute approximate surface area is 182 Å². The number of carbonyl (C=O) groups excluding carboxylic acids is 3. The van der Waals surface area contributed by atoms with Crippen molar-refractivity contribution in [2.24, 2.45) is 35.5 Å². The molecule has 0 aromatic heterocycles. The zero-order chi connectivity index (χ0) is 22.7. The highest BCUT2D eigenvalue weighted by Crippen LogP contribution is 2.56. The molecule has 0 heterocycles. The van der Waals surface area contributed by atoms with Crippen LogP contribution >= 0.6 is 0 Å². The molecule has 4 aliphatic rings. The first-order valence-corrected chi connectivity index (χ1v) is 11.7. The number of aliphatic hydroxyl groups excluding tert-OH is 3. The fourth-order valence-corrected chi connectivity index (χ4v) is 7.18. The Balaban J connectivity index is 1.70. The van der Waals surface area contributed by atoms with Crippen LogP contribution in [0.4, 0.5) is 0 Å². The first-order chi connectivity index (χ1) is 14.6. The summed E-state index contributed by atoms with van der Waals surface area (Å²) in [5.74, 6) is -4.31. The normalized spacial score (nSPS) is 45.1. The average Bonchev–Trinajstić information content (AvgIpc) is 2.70. The number of hydrogen-bond donors (Lipinski definition) is 4. The number of allylic oxidation sites excluding steroid dienone is 1. The van der Waals surface area contributed by atoms with Crippen molar-refractivity contribution in [3.8, 4) is 0 Å². The maximum Gasteiger partial charge on any atom is 0.170 e. The topological polar surface area (TPSA) is 132 Å². The van der Waals surface area contributed by atoms with Gasteiger partial charge < -0.3 is 20.4 Å². The van der Waals surface area contributed by atoms with E-state index in [4.69, 9.17) is 0 Å². The third-order valence-electron chi connectivity index (χ3n) is 8.66. The molecule has 172 valence electrons. The fourth-order valence-electron chi connectivity index (χ4n) is 7.18. The highest BCUT2D eigenvalue weighted by Gasteiger charge is 2.64. The van der Waals surface area contributed by atoms with Crippen molar-refractivity contribution < 1.29 is 34.8 Å². The van der Waals surface area contributed by atoms with Gasteiger partial charge in [-0.3, -0.25) is 14.4 Å². The van der Waals surface area contributed by atoms with Crippen molar-refractivity contribution in [3.05, 3.63) is 11.3 Å². The Morgan fingerprint density at radius 1 is 1.13 bits per heavy atom. The Morgan fingerprint density at radius 2 is 1.84 bits per heavy atom. The summed E-state index contributed by atoms with van der Waals surface area (Å²) in [7, 11) is 0. The maximum absolute atomic E-state index is 13.6. The van der Waals surface area contributed by atoms with Gasteiger partial charge in [0, 0.05) is 18.3 Å². The second-order valence-corrected chi connectivity index (χ2v) is 10.3. The highest BCUT2D eigenvalue weighted by molar-refractivity contribution is 6.20. The molecular weight excluding hydrogens is 400 g/mol. The lowest BCUT2D eigenvalue weighted by Gasteiger charge is -2.56. The minimum absolute atomic E-state index is 0.0404. The predicted molar refractivity (Wildman–Crippen MR) is 111 cm³/mol. The first kappa shape index (κ1) is 22.6. The molecule has 0 bridgehead atoms. The SMILES string of the molecule is CCCCC1CCC(O)C2C(=O)C3C(O)[C@]4(O)C(O)=C(C(C)=O)C(=O)C[C@@H]4C[C@@H]3CC12. The number of carbonyl (C=O) groups is 3. The van der Waals surface area contributed by atoms with E-state index in [0.717, 1.165) is 32.6 Å². The van der Waals surface area contributed by atoms with Crippen molar-refractivity contribution in [2.75, 3.05) is 0 Å². The van der Waals surface area contributed by atoms with Crippen LogP contribution < -0.4 is 0 Å². The van der Waals surface area contributed by atoms with Crippen LogP contribution in [0.1, 0.15) is 65.2 Å². The van der Waals surface area contributed by atoms with Crippen LogP contribution in [0.5, 0.6) is 0 Å². The van der Waals surface area contributed by atoms with Crippen molar-refractivity contribution >= 4 is 17.3 Å². The van der Waals surface area contributed by atoms with Crippen LogP contribution in [0.3, 0.4) is 0 Å². The van der Waals surface area contributed by atoms with E-state index in [1.165, 1.54) is 0 Å². The summed E-state index contributed by atoms with van der Waals surface area (Å²) in [5, 5.41) is 44.0. The predicted octanol–water partition coefficient (Wildman–Crippen LogP) is 1.87. The van der Waals surface area contributed by atoms with Crippen LogP contribution in [0, 0.1) is 35.5 Å². The van der Waals surface area contributed by atoms with Gasteiger partial charge in [-0.2, -0.15) is 0 Å². The lowest BCUT2D eigenvalue weighted by Crippen LogP contribution is -2.66. The molecule has 4 aliphatic carbocycles. The molecule has 0 radical (unpaired) electrons. The van der Waals surface area contributed by atoms with Gasteiger partial charge in [0.25, 0.3) is 0 Å². The zero-order valence-corrected chi connectivity index (χ0v) is 18.3. The number of unbranched alkanes of at least 4 members (excludes halogenated alkanes) is 1. The van der Waals surface area contributed by atoms with Crippen LogP contribution in [-0.2, 0) is 14.4 Å². The van der Waals surface area contributed by atoms with Gasteiger partial charge in [-0.25, -0.2) is 0 Å². The van der Waals surface area contributed by atoms with E-state index in [1.807, 2.05) is 0 Å². The minimum atomic E-state index is -2.19. The van der Waals surface area contributed by atoms with Crippen LogP contribution in [0.15, 0.2) is 11.3 Å². The number of rotatable bonds is 4. The summed E-state index contributed by atoms with van der Waals surface area (Å²) in [6.45, 7) is 3.27. The standard InChI is InChI=1S/C24H34O7/c1-3-4-5-12-6-7-16(26)20-15(12)9-13-8-14-10-17(27)18(11(2)25)22(29)24(14,31)23(30)19(13)21(20)28/h12-16,19-20,23,26,29-31H,3-10H2,1-2H3/t12?,13-,14+,15?,16?,19?,20?,23?,24-/m1/s1. The third-order valence-corrected chi connectivity index (χ3v) is 8.66. The fraction of sp³-hybridized carbons (Fsp3) is 0.792. The molecule has 0 aliphatic heterocycles. The minimum Gasteiger partial charge on any atom is -0.508 e. The highest BCUT2D eigenvalue weighted by atomic mass is 16.4. The Bertz CT molecular complexity index is 815. The largest absolute Gasteiger partial charge is 0.508 e. The Morgan fingerprint density at radius 3 is 2.48 bits per heavy atom. The maximum atomic E-state index is 13.6. The summed E-state index contributed by atoms with van der Waals surface area (Å²) in [5.41, 5.74) is -2.67. The van der Waals surface area contributed by atoms with Gasteiger partial charge in [0.1, 0.15) is 23.2 Å². The number of aliphatic hydroxyl groups is 4. The summed E-state index contributed by atoms with van der Waals surface area (Å²) in [4.78, 5) is 38.0. The Hall–Kier alpha value is -1.57. The smallest absolute Gasteiger partial charge is 0.170 e. The molecule has 0 aromatic rings. The molecule has 3 fully saturated rings. The molecule has 0 spiro atoms. The van der Waals surface area contributed by atoms with Gasteiger partial charge in [0.15, 0.2) is 17.2 Å². The number of fused-ring (bicyclic) bond motifs is 3. The summed E-state index contributed by atoms with van der Waals surface area (Å²) in [6, 6.07) is 0. The van der Waals surface area contributed by atoms with Crippen LogP contribution in [-0.4, -0.2) is 55.6 Å². The monoisotopic (exact) mass is 434 g/mol. The molecule has 0 amide bonds. The van der Waals surface area contributed by atoms with Crippen molar-refractivity contribution in [3.63, 3.8) is 0 Å². The van der Waals surface area contributed by atoms with Gasteiger partial charge in [0.2, 0.25) is 0 Å². The van der Waals surface area contributed by atoms with Gasteiger partial charge in [-0.15, -0.1) is 0 Å². The molecule has 4 N–H and O–H groups in total. The lowest BCUT2D eigenvalue weighted by atomic mass is 9.50. The summed E-state index contributed by atoms with van der Waals surface area (Å²) in [6.07, 6.45) is 3.04. The van der Waals surface area contributed by atoms with E-state index in [2.05, 4.69) is 6.92 Å². The second-order valence-electron chi connectivity index (χ2n) is 10.3. The first-order valence-electron chi connectivity index (χ1n) is 11.7. The molecular formula is C24H34O7. The molecule has 9 atom stereocenters. The van der Waals surface area contributed by atoms with Crippen LogP contribution in [0.2, 0.25) is 0 Å². The van der Waals surface area contributed by atoms with Crippen molar-refractivity contribution in [1.29, 1.82) is 0 Å². The van der Waals surface area contributed by atoms with Gasteiger partial charge >= 0.3 is 0 Å². The van der Waals surface area contributed by atoms with Crippen LogP contribution in [0.25, 0.3) is 0 Å². The van der Waals surface area contributed by atoms with Gasteiger partial charge in [-0.1, -0.05) is 26.2 Å². The lowest BCUT2D eigenvalue weighted by molar-refractivity contribution is -0.199. The number of hydrogen-bond acceptors (Lipinski definition) is 7. The molecule has 31 heavy (non-hydrogen) atoms. The summed E-state index contributed by atoms with van der Waals surface area (Å²) >= 11 is 0. The molecule has 7 nitrogen and oxygen atoms in total. The molecule has 4 rings (SSSR count). The Kier molecular flexibility index (Phi) is 5.90. The molecule has 3 saturated carbocycles. The quantitative estimate of drug-likeness (QED) is 0.497. The van der Waals surface area contributed by atoms with E-state index in [0.29, 0.717) is 25.2 Å². The molecule has 0 saturated heterocycles. The zero-order valence-electron chi connectivity index (χ0n) is 18.3. The van der Waals surface area contributed by atoms with E-state index in [-0.39, 0.29) is 24.0 Å². The van der Waals surface area contributed by atoms with E-state index < -0.39 is 58.5 Å². The number of ketones is 3. The van der Waals surface area contributed by atoms with Gasteiger partial charge in [0.05, 0.1) is 12.0 Å².